The number of benzene rings is 1. The van der Waals surface area contributed by atoms with Crippen LogP contribution in [0, 0.1) is 0 Å². The fourth-order valence-electron chi connectivity index (χ4n) is 4.02. The molecular weight excluding hydrogens is 462 g/mol. The zero-order valence-corrected chi connectivity index (χ0v) is 19.3. The maximum Gasteiger partial charge on any atom is 6.00 e. The average molecular weight is 498 g/mol. The molecular formula is C21H36FeN3O7+5. The fourth-order valence-corrected chi connectivity index (χ4v) is 4.02. The molecule has 1 fully saturated rings. The third-order valence-electron chi connectivity index (χ3n) is 6.03. The molecule has 6 N–H and O–H groups in total. The molecule has 4 atom stereocenters. The number of phenolic OH excluding ortho intramolecular Hbond substituents is 1. The summed E-state index contributed by atoms with van der Waals surface area (Å²) in [5, 5.41) is 70.7. The Bertz CT molecular complexity index is 615. The molecule has 1 heterocycles. The van der Waals surface area contributed by atoms with E-state index in [0.29, 0.717) is 45.8 Å². The summed E-state index contributed by atoms with van der Waals surface area (Å²) in [5.74, 6) is 0.188. The Morgan fingerprint density at radius 3 is 1.78 bits per heavy atom. The molecule has 11 heteroatoms. The standard InChI is InChI=1S/C21H36N3O7.Fe/c25-12-17(20(30)14-27)23-7-5-22(11-16-3-1-2-4-19(16)29)6-8-24(10-9-23)18(13-26)21(31)15-28;/h1-4,17-18,20-21,25,27-31H,5-15H2;/q-1;+6/t17-,18-,20-,21-;/m1./s1. The van der Waals surface area contributed by atoms with Gasteiger partial charge >= 0.3 is 17.1 Å². The van der Waals surface area contributed by atoms with Gasteiger partial charge in [-0.3, -0.25) is 14.7 Å². The summed E-state index contributed by atoms with van der Waals surface area (Å²) < 4.78 is 0. The van der Waals surface area contributed by atoms with Crippen molar-refractivity contribution in [1.29, 1.82) is 0 Å². The molecule has 0 unspecified atom stereocenters. The third-order valence-corrected chi connectivity index (χ3v) is 6.03. The normalized spacial score (nSPS) is 20.9. The van der Waals surface area contributed by atoms with Crippen LogP contribution in [0.5, 0.6) is 5.75 Å². The second kappa shape index (κ2) is 15.2. The van der Waals surface area contributed by atoms with Crippen LogP contribution in [-0.4, -0.2) is 135 Å². The first-order chi connectivity index (χ1) is 14.9. The molecule has 0 spiro atoms. The minimum atomic E-state index is -1.17. The first-order valence-electron chi connectivity index (χ1n) is 10.7. The number of phenols is 1. The van der Waals surface area contributed by atoms with E-state index >= 15 is 0 Å². The monoisotopic (exact) mass is 498 g/mol. The van der Waals surface area contributed by atoms with E-state index in [0.717, 1.165) is 5.56 Å². The fraction of sp³-hybridized carbons (Fsp3) is 0.714. The largest absolute Gasteiger partial charge is 6.00 e. The molecule has 1 aliphatic heterocycles. The van der Waals surface area contributed by atoms with Crippen LogP contribution in [0.2, 0.25) is 0 Å². The van der Waals surface area contributed by atoms with E-state index in [1.54, 1.807) is 12.1 Å². The molecule has 0 radical (unpaired) electrons. The molecule has 1 aliphatic rings. The van der Waals surface area contributed by atoms with Crippen LogP contribution in [0.25, 0.3) is 0 Å². The van der Waals surface area contributed by atoms with Crippen molar-refractivity contribution < 1.29 is 52.8 Å². The topological polar surface area (TPSA) is 154 Å². The predicted octanol–water partition coefficient (Wildman–Crippen LogP) is -3.39. The second-order valence-electron chi connectivity index (χ2n) is 7.96. The van der Waals surface area contributed by atoms with E-state index in [-0.39, 0.29) is 29.4 Å². The van der Waals surface area contributed by atoms with E-state index in [2.05, 4.69) is 4.90 Å². The Kier molecular flexibility index (Phi) is 13.8. The Labute approximate surface area is 199 Å². The number of aromatic hydroxyl groups is 1. The quantitative estimate of drug-likeness (QED) is 0.180. The summed E-state index contributed by atoms with van der Waals surface area (Å²) in [6.45, 7) is 1.43. The van der Waals surface area contributed by atoms with Gasteiger partial charge in [-0.2, -0.15) is 0 Å². The Balaban J connectivity index is 0.00000512. The van der Waals surface area contributed by atoms with Crippen LogP contribution in [0.3, 0.4) is 0 Å². The molecule has 0 saturated carbocycles. The van der Waals surface area contributed by atoms with Gasteiger partial charge in [-0.25, -0.2) is 0 Å². The molecule has 2 rings (SSSR count). The minimum Gasteiger partial charge on any atom is -0.853 e. The summed E-state index contributed by atoms with van der Waals surface area (Å²) in [6.07, 6.45) is -2.29. The van der Waals surface area contributed by atoms with Crippen LogP contribution in [0.1, 0.15) is 5.56 Å². The van der Waals surface area contributed by atoms with Crippen LogP contribution in [0.15, 0.2) is 24.3 Å². The Hall–Kier alpha value is -0.821. The third kappa shape index (κ3) is 8.19. The van der Waals surface area contributed by atoms with Crippen LogP contribution < -0.4 is 5.11 Å². The van der Waals surface area contributed by atoms with Crippen molar-refractivity contribution in [1.82, 2.24) is 14.7 Å². The van der Waals surface area contributed by atoms with Crippen molar-refractivity contribution in [2.75, 3.05) is 65.7 Å². The van der Waals surface area contributed by atoms with Gasteiger partial charge in [0.05, 0.1) is 38.1 Å². The van der Waals surface area contributed by atoms with Gasteiger partial charge in [0.25, 0.3) is 0 Å². The summed E-state index contributed by atoms with van der Waals surface area (Å²) in [5.41, 5.74) is 0.754. The van der Waals surface area contributed by atoms with E-state index in [9.17, 15) is 35.7 Å². The molecule has 0 bridgehead atoms. The molecule has 1 aromatic rings. The second-order valence-corrected chi connectivity index (χ2v) is 7.96. The van der Waals surface area contributed by atoms with E-state index < -0.39 is 44.1 Å². The van der Waals surface area contributed by atoms with Gasteiger partial charge in [0.15, 0.2) is 0 Å². The SMILES string of the molecule is [Fe+6].[O-]C[C@H]([C@H](O)CO)N1CCN(Cc2ccccc2O)CCN([C@H](CO)[C@H](O)CO)CC1. The summed E-state index contributed by atoms with van der Waals surface area (Å²) in [6, 6.07) is 5.60. The number of hydrogen-bond donors (Lipinski definition) is 6. The first-order valence-corrected chi connectivity index (χ1v) is 10.7. The van der Waals surface area contributed by atoms with Gasteiger partial charge < -0.3 is 35.7 Å². The number of rotatable bonds is 10. The molecule has 1 aromatic carbocycles. The zero-order chi connectivity index (χ0) is 22.8. The maximum absolute atomic E-state index is 11.8. The maximum atomic E-state index is 11.8. The van der Waals surface area contributed by atoms with Gasteiger partial charge in [0.1, 0.15) is 5.75 Å². The molecule has 1 saturated heterocycles. The van der Waals surface area contributed by atoms with Crippen molar-refractivity contribution in [2.45, 2.75) is 30.8 Å². The molecule has 180 valence electrons. The van der Waals surface area contributed by atoms with E-state index in [1.165, 1.54) is 0 Å². The predicted molar refractivity (Wildman–Crippen MR) is 112 cm³/mol. The van der Waals surface area contributed by atoms with Gasteiger partial charge in [0, 0.05) is 57.4 Å². The van der Waals surface area contributed by atoms with E-state index in [1.807, 2.05) is 21.9 Å². The van der Waals surface area contributed by atoms with Crippen LogP contribution in [-0.2, 0) is 23.6 Å². The summed E-state index contributed by atoms with van der Waals surface area (Å²) >= 11 is 0. The Morgan fingerprint density at radius 2 is 1.28 bits per heavy atom. The van der Waals surface area contributed by atoms with Gasteiger partial charge in [-0.1, -0.05) is 18.2 Å². The van der Waals surface area contributed by atoms with Gasteiger partial charge in [-0.15, -0.1) is 6.61 Å². The van der Waals surface area contributed by atoms with Crippen LogP contribution >= 0.6 is 0 Å². The van der Waals surface area contributed by atoms with Crippen LogP contribution in [0.4, 0.5) is 0 Å². The van der Waals surface area contributed by atoms with Gasteiger partial charge in [0.2, 0.25) is 0 Å². The molecule has 0 aromatic heterocycles. The molecule has 0 amide bonds. The van der Waals surface area contributed by atoms with E-state index in [4.69, 9.17) is 0 Å². The number of hydrogen-bond acceptors (Lipinski definition) is 10. The van der Waals surface area contributed by atoms with Crippen molar-refractivity contribution >= 4 is 0 Å². The zero-order valence-electron chi connectivity index (χ0n) is 18.2. The number of nitrogens with zero attached hydrogens (tertiary/aromatic N) is 3. The Morgan fingerprint density at radius 1 is 0.781 bits per heavy atom. The number of aliphatic hydroxyl groups excluding tert-OH is 5. The molecule has 10 nitrogen and oxygen atoms in total. The van der Waals surface area contributed by atoms with Gasteiger partial charge in [-0.05, 0) is 6.07 Å². The number of para-hydroxylation sites is 1. The summed E-state index contributed by atoms with van der Waals surface area (Å²) in [7, 11) is 0. The first kappa shape index (κ1) is 29.2. The van der Waals surface area contributed by atoms with Crippen molar-refractivity contribution in [3.8, 4) is 5.75 Å². The van der Waals surface area contributed by atoms with Crippen molar-refractivity contribution in [3.05, 3.63) is 29.8 Å². The van der Waals surface area contributed by atoms with Crippen molar-refractivity contribution in [2.24, 2.45) is 0 Å². The molecule has 0 aliphatic carbocycles. The average Bonchev–Trinajstić information content (AvgIpc) is 2.88. The number of aliphatic hydroxyl groups is 5. The minimum absolute atomic E-state index is 0. The molecule has 32 heavy (non-hydrogen) atoms. The van der Waals surface area contributed by atoms with Crippen molar-refractivity contribution in [3.63, 3.8) is 0 Å². The smallest absolute Gasteiger partial charge is 0.853 e. The summed E-state index contributed by atoms with van der Waals surface area (Å²) in [4.78, 5) is 5.78.